The van der Waals surface area contributed by atoms with Crippen molar-refractivity contribution < 1.29 is 4.74 Å². The van der Waals surface area contributed by atoms with Gasteiger partial charge in [0.15, 0.2) is 0 Å². The quantitative estimate of drug-likeness (QED) is 0.687. The summed E-state index contributed by atoms with van der Waals surface area (Å²) >= 11 is 0. The highest BCUT2D eigenvalue weighted by atomic mass is 16.5. The Morgan fingerprint density at radius 2 is 2.08 bits per heavy atom. The van der Waals surface area contributed by atoms with E-state index < -0.39 is 0 Å². The molecule has 1 nitrogen and oxygen atoms in total. The standard InChI is InChI=1S/C12H16O/c1-10-5-2-3-6-11(10)9-13-12-7-4-8-12/h2-3,5-6,12H,4,7-9H2,1H3. The van der Waals surface area contributed by atoms with Crippen LogP contribution < -0.4 is 0 Å². The SMILES string of the molecule is Cc1ccccc1COC1CCC1. The molecular weight excluding hydrogens is 160 g/mol. The Kier molecular flexibility index (Phi) is 2.65. The van der Waals surface area contributed by atoms with Crippen molar-refractivity contribution in [3.05, 3.63) is 35.4 Å². The van der Waals surface area contributed by atoms with Crippen molar-refractivity contribution in [2.75, 3.05) is 0 Å². The molecule has 13 heavy (non-hydrogen) atoms. The average molecular weight is 176 g/mol. The molecule has 0 radical (unpaired) electrons. The molecule has 0 atom stereocenters. The van der Waals surface area contributed by atoms with Crippen LogP contribution in [0.2, 0.25) is 0 Å². The Labute approximate surface area is 79.7 Å². The van der Waals surface area contributed by atoms with Crippen molar-refractivity contribution in [2.45, 2.75) is 38.9 Å². The zero-order valence-electron chi connectivity index (χ0n) is 8.12. The first kappa shape index (κ1) is 8.76. The van der Waals surface area contributed by atoms with Crippen LogP contribution in [-0.4, -0.2) is 6.10 Å². The van der Waals surface area contributed by atoms with Crippen molar-refractivity contribution >= 4 is 0 Å². The van der Waals surface area contributed by atoms with E-state index in [9.17, 15) is 0 Å². The number of rotatable bonds is 3. The maximum Gasteiger partial charge on any atom is 0.0723 e. The molecule has 1 saturated carbocycles. The molecule has 0 bridgehead atoms. The molecule has 1 aromatic carbocycles. The Balaban J connectivity index is 1.89. The molecule has 0 amide bonds. The van der Waals surface area contributed by atoms with Crippen molar-refractivity contribution in [3.63, 3.8) is 0 Å². The van der Waals surface area contributed by atoms with E-state index in [1.807, 2.05) is 0 Å². The molecule has 1 aliphatic carbocycles. The molecule has 0 heterocycles. The van der Waals surface area contributed by atoms with Gasteiger partial charge in [0.1, 0.15) is 0 Å². The van der Waals surface area contributed by atoms with Gasteiger partial charge in [-0.3, -0.25) is 0 Å². The largest absolute Gasteiger partial charge is 0.374 e. The highest BCUT2D eigenvalue weighted by Crippen LogP contribution is 2.23. The molecule has 1 aromatic rings. The second-order valence-electron chi connectivity index (χ2n) is 3.79. The summed E-state index contributed by atoms with van der Waals surface area (Å²) in [4.78, 5) is 0. The fourth-order valence-corrected chi connectivity index (χ4v) is 1.52. The minimum absolute atomic E-state index is 0.541. The number of ether oxygens (including phenoxy) is 1. The molecule has 0 N–H and O–H groups in total. The molecule has 1 heteroatoms. The minimum atomic E-state index is 0.541. The van der Waals surface area contributed by atoms with Crippen molar-refractivity contribution in [2.24, 2.45) is 0 Å². The molecule has 0 aliphatic heterocycles. The van der Waals surface area contributed by atoms with Crippen LogP contribution in [0.4, 0.5) is 0 Å². The van der Waals surface area contributed by atoms with Gasteiger partial charge in [0.2, 0.25) is 0 Å². The number of hydrogen-bond acceptors (Lipinski definition) is 1. The van der Waals surface area contributed by atoms with Gasteiger partial charge in [0.25, 0.3) is 0 Å². The zero-order chi connectivity index (χ0) is 9.10. The minimum Gasteiger partial charge on any atom is -0.374 e. The first-order valence-electron chi connectivity index (χ1n) is 5.02. The van der Waals surface area contributed by atoms with Crippen LogP contribution in [-0.2, 0) is 11.3 Å². The van der Waals surface area contributed by atoms with Gasteiger partial charge in [0, 0.05) is 0 Å². The lowest BCUT2D eigenvalue weighted by molar-refractivity contribution is -0.00885. The van der Waals surface area contributed by atoms with Gasteiger partial charge < -0.3 is 4.74 Å². The van der Waals surface area contributed by atoms with E-state index in [0.717, 1.165) is 6.61 Å². The molecule has 1 aliphatic rings. The van der Waals surface area contributed by atoms with Gasteiger partial charge in [-0.15, -0.1) is 0 Å². The van der Waals surface area contributed by atoms with Gasteiger partial charge in [0.05, 0.1) is 12.7 Å². The molecular formula is C12H16O. The number of hydrogen-bond donors (Lipinski definition) is 0. The highest BCUT2D eigenvalue weighted by Gasteiger charge is 2.17. The molecule has 0 aromatic heterocycles. The topological polar surface area (TPSA) is 9.23 Å². The molecule has 0 unspecified atom stereocenters. The Bertz CT molecular complexity index is 276. The first-order chi connectivity index (χ1) is 6.36. The van der Waals surface area contributed by atoms with Gasteiger partial charge in [-0.1, -0.05) is 24.3 Å². The summed E-state index contributed by atoms with van der Waals surface area (Å²) in [6, 6.07) is 8.43. The van der Waals surface area contributed by atoms with Gasteiger partial charge in [-0.25, -0.2) is 0 Å². The lowest BCUT2D eigenvalue weighted by Crippen LogP contribution is -2.21. The van der Waals surface area contributed by atoms with E-state index in [2.05, 4.69) is 31.2 Å². The third-order valence-corrected chi connectivity index (χ3v) is 2.79. The van der Waals surface area contributed by atoms with Crippen LogP contribution in [0, 0.1) is 6.92 Å². The summed E-state index contributed by atoms with van der Waals surface area (Å²) in [5, 5.41) is 0. The summed E-state index contributed by atoms with van der Waals surface area (Å²) in [5.74, 6) is 0. The Morgan fingerprint density at radius 1 is 1.31 bits per heavy atom. The van der Waals surface area contributed by atoms with Gasteiger partial charge in [-0.05, 0) is 37.3 Å². The molecule has 0 saturated heterocycles. The maximum atomic E-state index is 5.74. The van der Waals surface area contributed by atoms with Crippen LogP contribution >= 0.6 is 0 Å². The van der Waals surface area contributed by atoms with E-state index in [0.29, 0.717) is 6.10 Å². The summed E-state index contributed by atoms with van der Waals surface area (Å²) in [7, 11) is 0. The van der Waals surface area contributed by atoms with Crippen LogP contribution in [0.15, 0.2) is 24.3 Å². The van der Waals surface area contributed by atoms with E-state index in [1.54, 1.807) is 0 Å². The van der Waals surface area contributed by atoms with E-state index in [4.69, 9.17) is 4.74 Å². The fraction of sp³-hybridized carbons (Fsp3) is 0.500. The highest BCUT2D eigenvalue weighted by molar-refractivity contribution is 5.24. The van der Waals surface area contributed by atoms with Crippen molar-refractivity contribution in [1.82, 2.24) is 0 Å². The summed E-state index contributed by atoms with van der Waals surface area (Å²) in [5.41, 5.74) is 2.66. The van der Waals surface area contributed by atoms with Crippen molar-refractivity contribution in [3.8, 4) is 0 Å². The van der Waals surface area contributed by atoms with Gasteiger partial charge >= 0.3 is 0 Å². The fourth-order valence-electron chi connectivity index (χ4n) is 1.52. The van der Waals surface area contributed by atoms with E-state index >= 15 is 0 Å². The Morgan fingerprint density at radius 3 is 2.69 bits per heavy atom. The normalized spacial score (nSPS) is 17.0. The molecule has 70 valence electrons. The zero-order valence-corrected chi connectivity index (χ0v) is 8.12. The van der Waals surface area contributed by atoms with E-state index in [1.165, 1.54) is 30.4 Å². The second kappa shape index (κ2) is 3.93. The van der Waals surface area contributed by atoms with Crippen LogP contribution in [0.1, 0.15) is 30.4 Å². The predicted octanol–water partition coefficient (Wildman–Crippen LogP) is 3.06. The molecule has 1 fully saturated rings. The molecule has 2 rings (SSSR count). The number of benzene rings is 1. The van der Waals surface area contributed by atoms with Gasteiger partial charge in [-0.2, -0.15) is 0 Å². The molecule has 0 spiro atoms. The smallest absolute Gasteiger partial charge is 0.0723 e. The maximum absolute atomic E-state index is 5.74. The van der Waals surface area contributed by atoms with E-state index in [-0.39, 0.29) is 0 Å². The third-order valence-electron chi connectivity index (χ3n) is 2.79. The lowest BCUT2D eigenvalue weighted by atomic mass is 9.96. The van der Waals surface area contributed by atoms with Crippen LogP contribution in [0.25, 0.3) is 0 Å². The van der Waals surface area contributed by atoms with Crippen molar-refractivity contribution in [1.29, 1.82) is 0 Å². The second-order valence-corrected chi connectivity index (χ2v) is 3.79. The Hall–Kier alpha value is -0.820. The average Bonchev–Trinajstić information content (AvgIpc) is 2.05. The van der Waals surface area contributed by atoms with Crippen LogP contribution in [0.5, 0.6) is 0 Å². The number of aryl methyl sites for hydroxylation is 1. The van der Waals surface area contributed by atoms with Crippen LogP contribution in [0.3, 0.4) is 0 Å². The monoisotopic (exact) mass is 176 g/mol. The predicted molar refractivity (Wildman–Crippen MR) is 53.6 cm³/mol. The first-order valence-corrected chi connectivity index (χ1v) is 5.02. The third kappa shape index (κ3) is 2.10. The lowest BCUT2D eigenvalue weighted by Gasteiger charge is -2.25. The summed E-state index contributed by atoms with van der Waals surface area (Å²) in [6.07, 6.45) is 4.40. The summed E-state index contributed by atoms with van der Waals surface area (Å²) < 4.78 is 5.74. The summed E-state index contributed by atoms with van der Waals surface area (Å²) in [6.45, 7) is 2.93.